The predicted octanol–water partition coefficient (Wildman–Crippen LogP) is 4.02. The summed E-state index contributed by atoms with van der Waals surface area (Å²) in [6.07, 6.45) is 10.3. The number of anilines is 1. The second-order valence-corrected chi connectivity index (χ2v) is 9.09. The summed E-state index contributed by atoms with van der Waals surface area (Å²) in [5, 5.41) is 5.67. The molecule has 30 heavy (non-hydrogen) atoms. The number of rotatable bonds is 4. The van der Waals surface area contributed by atoms with E-state index in [0.717, 1.165) is 41.3 Å². The first-order chi connectivity index (χ1) is 14.7. The summed E-state index contributed by atoms with van der Waals surface area (Å²) in [6, 6.07) is 2.81. The maximum atomic E-state index is 6.10. The fourth-order valence-electron chi connectivity index (χ4n) is 4.48. The first-order valence-corrected chi connectivity index (χ1v) is 11.2. The van der Waals surface area contributed by atoms with E-state index in [9.17, 15) is 0 Å². The number of pyridine rings is 1. The third-order valence-electron chi connectivity index (χ3n) is 6.90. The van der Waals surface area contributed by atoms with E-state index >= 15 is 0 Å². The topological polar surface area (TPSA) is 69.0 Å². The van der Waals surface area contributed by atoms with Crippen molar-refractivity contribution in [3.63, 3.8) is 0 Å². The number of hydrogen-bond acceptors (Lipinski definition) is 6. The molecule has 7 heteroatoms. The molecule has 0 amide bonds. The minimum Gasteiger partial charge on any atom is -0.370 e. The summed E-state index contributed by atoms with van der Waals surface area (Å²) in [5.41, 5.74) is 5.41. The number of fused-ring (bicyclic) bond motifs is 1. The average molecular weight is 405 g/mol. The van der Waals surface area contributed by atoms with Gasteiger partial charge in [0, 0.05) is 35.3 Å². The Morgan fingerprint density at radius 2 is 1.93 bits per heavy atom. The molecule has 156 valence electrons. The van der Waals surface area contributed by atoms with E-state index in [4.69, 9.17) is 19.7 Å². The van der Waals surface area contributed by atoms with Gasteiger partial charge in [0.05, 0.1) is 31.1 Å². The Kier molecular flexibility index (Phi) is 4.26. The Balaban J connectivity index is 1.34. The van der Waals surface area contributed by atoms with Crippen LogP contribution in [0.25, 0.3) is 11.0 Å². The van der Waals surface area contributed by atoms with E-state index in [-0.39, 0.29) is 6.10 Å². The zero-order valence-corrected chi connectivity index (χ0v) is 17.7. The highest BCUT2D eigenvalue weighted by Gasteiger charge is 2.30. The highest BCUT2D eigenvalue weighted by Crippen LogP contribution is 2.39. The van der Waals surface area contributed by atoms with Gasteiger partial charge in [0.25, 0.3) is 0 Å². The lowest BCUT2D eigenvalue weighted by molar-refractivity contribution is 0.0391. The molecule has 3 aromatic heterocycles. The van der Waals surface area contributed by atoms with Crippen LogP contribution < -0.4 is 4.90 Å². The SMILES string of the molecule is Cc1cc2c(C3CCC3)nc(N3CCO[C@H](c4cnn(C5CC5)c4)C3)nc2nc1C. The lowest BCUT2D eigenvalue weighted by Gasteiger charge is -2.33. The molecule has 0 bridgehead atoms. The summed E-state index contributed by atoms with van der Waals surface area (Å²) in [4.78, 5) is 17.1. The van der Waals surface area contributed by atoms with Gasteiger partial charge < -0.3 is 9.64 Å². The van der Waals surface area contributed by atoms with Crippen LogP contribution in [0.5, 0.6) is 0 Å². The van der Waals surface area contributed by atoms with Crippen molar-refractivity contribution >= 4 is 17.0 Å². The van der Waals surface area contributed by atoms with Crippen molar-refractivity contribution < 1.29 is 4.74 Å². The van der Waals surface area contributed by atoms with E-state index in [1.54, 1.807) is 0 Å². The summed E-state index contributed by atoms with van der Waals surface area (Å²) in [6.45, 7) is 6.39. The highest BCUT2D eigenvalue weighted by molar-refractivity contribution is 5.80. The van der Waals surface area contributed by atoms with Crippen LogP contribution in [0.3, 0.4) is 0 Å². The Labute approximate surface area is 176 Å². The van der Waals surface area contributed by atoms with Crippen LogP contribution in [0.15, 0.2) is 18.5 Å². The zero-order chi connectivity index (χ0) is 20.2. The van der Waals surface area contributed by atoms with E-state index < -0.39 is 0 Å². The molecule has 0 N–H and O–H groups in total. The lowest BCUT2D eigenvalue weighted by Crippen LogP contribution is -2.39. The number of hydrogen-bond donors (Lipinski definition) is 0. The molecule has 3 aliphatic rings. The summed E-state index contributed by atoms with van der Waals surface area (Å²) >= 11 is 0. The molecule has 1 aliphatic heterocycles. The normalized spacial score (nSPS) is 22.5. The van der Waals surface area contributed by atoms with Gasteiger partial charge >= 0.3 is 0 Å². The highest BCUT2D eigenvalue weighted by atomic mass is 16.5. The van der Waals surface area contributed by atoms with E-state index in [0.29, 0.717) is 18.6 Å². The van der Waals surface area contributed by atoms with Crippen LogP contribution in [-0.4, -0.2) is 44.4 Å². The fraction of sp³-hybridized carbons (Fsp3) is 0.565. The number of morpholine rings is 1. The standard InChI is InChI=1S/C23H28N6O/c1-14-10-19-21(16-4-3-5-16)26-23(27-22(19)25-15(14)2)28-8-9-30-20(13-28)17-11-24-29(12-17)18-6-7-18/h10-12,16,18,20H,3-9,13H2,1-2H3/t20-/m0/s1. The van der Waals surface area contributed by atoms with Crippen LogP contribution in [0.2, 0.25) is 0 Å². The summed E-state index contributed by atoms with van der Waals surface area (Å²) < 4.78 is 8.19. The van der Waals surface area contributed by atoms with Gasteiger partial charge in [-0.05, 0) is 51.2 Å². The lowest BCUT2D eigenvalue weighted by atomic mass is 9.81. The molecule has 1 saturated heterocycles. The molecular formula is C23H28N6O. The van der Waals surface area contributed by atoms with Crippen LogP contribution in [0.4, 0.5) is 5.95 Å². The molecule has 2 saturated carbocycles. The minimum absolute atomic E-state index is 0.00501. The molecule has 2 aliphatic carbocycles. The molecular weight excluding hydrogens is 376 g/mol. The van der Waals surface area contributed by atoms with Crippen molar-refractivity contribution in [3.05, 3.63) is 41.0 Å². The minimum atomic E-state index is 0.00501. The van der Waals surface area contributed by atoms with Crippen LogP contribution in [0.1, 0.15) is 72.7 Å². The van der Waals surface area contributed by atoms with Crippen LogP contribution in [-0.2, 0) is 4.74 Å². The van der Waals surface area contributed by atoms with Gasteiger partial charge in [0.15, 0.2) is 5.65 Å². The first kappa shape index (κ1) is 18.2. The number of ether oxygens (including phenoxy) is 1. The maximum Gasteiger partial charge on any atom is 0.227 e. The van der Waals surface area contributed by atoms with Crippen molar-refractivity contribution in [2.45, 2.75) is 64.0 Å². The second kappa shape index (κ2) is 7.01. The quantitative estimate of drug-likeness (QED) is 0.654. The van der Waals surface area contributed by atoms with E-state index in [1.807, 2.05) is 6.20 Å². The largest absolute Gasteiger partial charge is 0.370 e. The Bertz CT molecular complexity index is 1100. The van der Waals surface area contributed by atoms with Crippen LogP contribution in [0, 0.1) is 13.8 Å². The molecule has 4 heterocycles. The molecule has 0 radical (unpaired) electrons. The van der Waals surface area contributed by atoms with Gasteiger partial charge in [-0.3, -0.25) is 4.68 Å². The summed E-state index contributed by atoms with van der Waals surface area (Å²) in [5.74, 6) is 1.33. The van der Waals surface area contributed by atoms with Crippen molar-refractivity contribution in [2.75, 3.05) is 24.6 Å². The van der Waals surface area contributed by atoms with Gasteiger partial charge in [-0.1, -0.05) is 6.42 Å². The van der Waals surface area contributed by atoms with Gasteiger partial charge in [-0.15, -0.1) is 0 Å². The third-order valence-corrected chi connectivity index (χ3v) is 6.90. The van der Waals surface area contributed by atoms with Gasteiger partial charge in [0.2, 0.25) is 5.95 Å². The van der Waals surface area contributed by atoms with Crippen molar-refractivity contribution in [3.8, 4) is 0 Å². The van der Waals surface area contributed by atoms with Gasteiger partial charge in [-0.2, -0.15) is 10.1 Å². The molecule has 6 rings (SSSR count). The summed E-state index contributed by atoms with van der Waals surface area (Å²) in [7, 11) is 0. The monoisotopic (exact) mass is 404 g/mol. The zero-order valence-electron chi connectivity index (χ0n) is 17.7. The predicted molar refractivity (Wildman–Crippen MR) is 115 cm³/mol. The van der Waals surface area contributed by atoms with Crippen molar-refractivity contribution in [2.24, 2.45) is 0 Å². The number of nitrogens with zero attached hydrogens (tertiary/aromatic N) is 6. The van der Waals surface area contributed by atoms with Crippen LogP contribution >= 0.6 is 0 Å². The Morgan fingerprint density at radius 3 is 2.70 bits per heavy atom. The van der Waals surface area contributed by atoms with E-state index in [2.05, 4.69) is 40.8 Å². The van der Waals surface area contributed by atoms with Gasteiger partial charge in [-0.25, -0.2) is 9.97 Å². The van der Waals surface area contributed by atoms with E-state index in [1.165, 1.54) is 43.4 Å². The number of aryl methyl sites for hydroxylation is 2. The smallest absolute Gasteiger partial charge is 0.227 e. The Hall–Kier alpha value is -2.54. The Morgan fingerprint density at radius 1 is 1.07 bits per heavy atom. The molecule has 1 atom stereocenters. The second-order valence-electron chi connectivity index (χ2n) is 9.09. The van der Waals surface area contributed by atoms with Gasteiger partial charge in [0.1, 0.15) is 6.10 Å². The molecule has 3 aromatic rings. The average Bonchev–Trinajstić information content (AvgIpc) is 3.44. The maximum absolute atomic E-state index is 6.10. The molecule has 0 spiro atoms. The third kappa shape index (κ3) is 3.16. The number of aromatic nitrogens is 5. The fourth-order valence-corrected chi connectivity index (χ4v) is 4.48. The molecule has 0 unspecified atom stereocenters. The first-order valence-electron chi connectivity index (χ1n) is 11.2. The molecule has 0 aromatic carbocycles. The molecule has 3 fully saturated rings. The van der Waals surface area contributed by atoms with Crippen molar-refractivity contribution in [1.82, 2.24) is 24.7 Å². The van der Waals surface area contributed by atoms with Crippen molar-refractivity contribution in [1.29, 1.82) is 0 Å². The molecule has 7 nitrogen and oxygen atoms in total.